The highest BCUT2D eigenvalue weighted by atomic mass is 16.5. The van der Waals surface area contributed by atoms with Gasteiger partial charge in [-0.25, -0.2) is 0 Å². The van der Waals surface area contributed by atoms with E-state index in [1.165, 1.54) is 5.56 Å². The molecule has 0 amide bonds. The highest BCUT2D eigenvalue weighted by Gasteiger charge is 1.99. The number of hydrogen-bond acceptors (Lipinski definition) is 3. The molecule has 0 spiro atoms. The van der Waals surface area contributed by atoms with Crippen molar-refractivity contribution in [2.75, 3.05) is 0 Å². The Morgan fingerprint density at radius 1 is 1.25 bits per heavy atom. The van der Waals surface area contributed by atoms with Gasteiger partial charge in [0.1, 0.15) is 0 Å². The quantitative estimate of drug-likeness (QED) is 0.665. The van der Waals surface area contributed by atoms with Gasteiger partial charge in [-0.3, -0.25) is 0 Å². The summed E-state index contributed by atoms with van der Waals surface area (Å²) in [5.74, 6) is 0.668. The third-order valence-electron chi connectivity index (χ3n) is 1.57. The fourth-order valence-corrected chi connectivity index (χ4v) is 1.02. The van der Waals surface area contributed by atoms with Gasteiger partial charge in [0.15, 0.2) is 5.82 Å². The lowest BCUT2D eigenvalue weighted by molar-refractivity contribution is 0.404. The summed E-state index contributed by atoms with van der Waals surface area (Å²) in [6, 6.07) is 10.00. The minimum absolute atomic E-state index is 0.668. The minimum Gasteiger partial charge on any atom is -0.329 e. The van der Waals surface area contributed by atoms with Crippen molar-refractivity contribution in [2.24, 2.45) is 0 Å². The van der Waals surface area contributed by atoms with E-state index in [1.807, 2.05) is 30.3 Å². The second-order valence-corrected chi connectivity index (χ2v) is 2.46. The van der Waals surface area contributed by atoms with Crippen LogP contribution in [0.25, 0.3) is 0 Å². The first-order valence-electron chi connectivity index (χ1n) is 3.68. The van der Waals surface area contributed by atoms with Gasteiger partial charge in [-0.1, -0.05) is 35.5 Å². The Balaban J connectivity index is 2.15. The molecule has 1 aromatic heterocycles. The van der Waals surface area contributed by atoms with Crippen LogP contribution in [0.15, 0.2) is 34.9 Å². The average molecular weight is 159 g/mol. The Labute approximate surface area is 70.0 Å². The topological polar surface area (TPSA) is 38.9 Å². The number of benzene rings is 1. The number of rotatable bonds is 2. The summed E-state index contributed by atoms with van der Waals surface area (Å²) < 4.78 is 4.50. The Bertz CT molecular complexity index is 329. The van der Waals surface area contributed by atoms with Gasteiger partial charge in [0, 0.05) is 6.42 Å². The van der Waals surface area contributed by atoms with Crippen LogP contribution < -0.4 is 0 Å². The number of nitrogens with zero attached hydrogens (tertiary/aromatic N) is 2. The lowest BCUT2D eigenvalue weighted by Crippen LogP contribution is -1.89. The van der Waals surface area contributed by atoms with Crippen molar-refractivity contribution in [1.29, 1.82) is 0 Å². The Morgan fingerprint density at radius 2 is 2.08 bits per heavy atom. The van der Waals surface area contributed by atoms with Crippen molar-refractivity contribution >= 4 is 0 Å². The SMILES string of the molecule is [c]1nc(Cc2ccccc2)no1. The predicted octanol–water partition coefficient (Wildman–Crippen LogP) is 1.46. The van der Waals surface area contributed by atoms with E-state index >= 15 is 0 Å². The second kappa shape index (κ2) is 3.17. The molecular weight excluding hydrogens is 152 g/mol. The predicted molar refractivity (Wildman–Crippen MR) is 42.4 cm³/mol. The van der Waals surface area contributed by atoms with Crippen LogP contribution in [0.1, 0.15) is 11.4 Å². The minimum atomic E-state index is 0.668. The molecule has 12 heavy (non-hydrogen) atoms. The smallest absolute Gasteiger partial charge is 0.316 e. The normalized spacial score (nSPS) is 10.0. The summed E-state index contributed by atoms with van der Waals surface area (Å²) in [7, 11) is 0. The first-order valence-corrected chi connectivity index (χ1v) is 3.68. The number of hydrogen-bond donors (Lipinski definition) is 0. The van der Waals surface area contributed by atoms with Crippen molar-refractivity contribution in [1.82, 2.24) is 10.1 Å². The zero-order chi connectivity index (χ0) is 8.23. The van der Waals surface area contributed by atoms with Gasteiger partial charge in [0.2, 0.25) is 0 Å². The molecular formula is C9H7N2O. The van der Waals surface area contributed by atoms with Crippen LogP contribution in [0.4, 0.5) is 0 Å². The zero-order valence-electron chi connectivity index (χ0n) is 6.40. The van der Waals surface area contributed by atoms with Crippen LogP contribution in [0.5, 0.6) is 0 Å². The van der Waals surface area contributed by atoms with Gasteiger partial charge >= 0.3 is 6.39 Å². The maximum atomic E-state index is 4.50. The van der Waals surface area contributed by atoms with Gasteiger partial charge in [-0.2, -0.15) is 4.98 Å². The van der Waals surface area contributed by atoms with Gasteiger partial charge in [-0.05, 0) is 5.56 Å². The molecule has 0 fully saturated rings. The molecule has 0 saturated heterocycles. The molecule has 0 saturated carbocycles. The van der Waals surface area contributed by atoms with E-state index in [0.717, 1.165) is 0 Å². The lowest BCUT2D eigenvalue weighted by Gasteiger charge is -1.93. The van der Waals surface area contributed by atoms with Crippen molar-refractivity contribution < 1.29 is 4.52 Å². The first-order chi connectivity index (χ1) is 5.95. The van der Waals surface area contributed by atoms with Gasteiger partial charge < -0.3 is 4.52 Å². The molecule has 3 nitrogen and oxygen atoms in total. The van der Waals surface area contributed by atoms with Gasteiger partial charge in [0.25, 0.3) is 0 Å². The highest BCUT2D eigenvalue weighted by Crippen LogP contribution is 2.03. The van der Waals surface area contributed by atoms with E-state index in [0.29, 0.717) is 12.2 Å². The molecule has 1 heterocycles. The summed E-state index contributed by atoms with van der Waals surface area (Å²) >= 11 is 0. The van der Waals surface area contributed by atoms with Crippen molar-refractivity contribution in [3.63, 3.8) is 0 Å². The van der Waals surface area contributed by atoms with E-state index in [4.69, 9.17) is 0 Å². The third-order valence-corrected chi connectivity index (χ3v) is 1.57. The molecule has 0 atom stereocenters. The fraction of sp³-hybridized carbons (Fsp3) is 0.111. The zero-order valence-corrected chi connectivity index (χ0v) is 6.40. The molecule has 2 aromatic rings. The maximum Gasteiger partial charge on any atom is 0.316 e. The molecule has 2 rings (SSSR count). The van der Waals surface area contributed by atoms with Crippen molar-refractivity contribution in [2.45, 2.75) is 6.42 Å². The van der Waals surface area contributed by atoms with Crippen LogP contribution >= 0.6 is 0 Å². The maximum absolute atomic E-state index is 4.50. The molecule has 1 aromatic carbocycles. The average Bonchev–Trinajstić information content (AvgIpc) is 2.59. The molecule has 0 aliphatic carbocycles. The van der Waals surface area contributed by atoms with Crippen LogP contribution in [0, 0.1) is 6.39 Å². The summed E-state index contributed by atoms with van der Waals surface area (Å²) in [6.07, 6.45) is 3.02. The van der Waals surface area contributed by atoms with Crippen LogP contribution in [-0.2, 0) is 6.42 Å². The number of aromatic nitrogens is 2. The Hall–Kier alpha value is -1.64. The molecule has 0 bridgehead atoms. The van der Waals surface area contributed by atoms with E-state index in [-0.39, 0.29) is 0 Å². The van der Waals surface area contributed by atoms with Crippen LogP contribution in [0.2, 0.25) is 0 Å². The standard InChI is InChI=1S/C9H7N2O/c1-2-4-8(5-3-1)6-9-10-7-12-11-9/h1-5H,6H2. The molecule has 0 N–H and O–H groups in total. The first kappa shape index (κ1) is 7.03. The van der Waals surface area contributed by atoms with Crippen LogP contribution in [0.3, 0.4) is 0 Å². The molecule has 3 heteroatoms. The van der Waals surface area contributed by atoms with E-state index < -0.39 is 0 Å². The summed E-state index contributed by atoms with van der Waals surface area (Å²) in [6.45, 7) is 0. The fourth-order valence-electron chi connectivity index (χ4n) is 1.02. The highest BCUT2D eigenvalue weighted by molar-refractivity contribution is 5.17. The second-order valence-electron chi connectivity index (χ2n) is 2.46. The third kappa shape index (κ3) is 1.50. The summed E-state index contributed by atoms with van der Waals surface area (Å²) in [5.41, 5.74) is 1.17. The Kier molecular flexibility index (Phi) is 1.86. The van der Waals surface area contributed by atoms with Crippen molar-refractivity contribution in [3.05, 3.63) is 48.1 Å². The van der Waals surface area contributed by atoms with E-state index in [9.17, 15) is 0 Å². The van der Waals surface area contributed by atoms with E-state index in [2.05, 4.69) is 21.1 Å². The Morgan fingerprint density at radius 3 is 2.75 bits per heavy atom. The lowest BCUT2D eigenvalue weighted by atomic mass is 10.1. The molecule has 0 aliphatic rings. The summed E-state index contributed by atoms with van der Waals surface area (Å²) in [5, 5.41) is 3.67. The summed E-state index contributed by atoms with van der Waals surface area (Å²) in [4.78, 5) is 3.81. The van der Waals surface area contributed by atoms with Crippen LogP contribution in [-0.4, -0.2) is 10.1 Å². The molecule has 0 unspecified atom stereocenters. The monoisotopic (exact) mass is 159 g/mol. The van der Waals surface area contributed by atoms with Gasteiger partial charge in [0.05, 0.1) is 0 Å². The largest absolute Gasteiger partial charge is 0.329 e. The molecule has 59 valence electrons. The van der Waals surface area contributed by atoms with Gasteiger partial charge in [-0.15, -0.1) is 0 Å². The van der Waals surface area contributed by atoms with Crippen molar-refractivity contribution in [3.8, 4) is 0 Å². The van der Waals surface area contributed by atoms with E-state index in [1.54, 1.807) is 0 Å². The molecule has 1 radical (unpaired) electrons. The molecule has 0 aliphatic heterocycles.